The zero-order valence-corrected chi connectivity index (χ0v) is 14.5. The summed E-state index contributed by atoms with van der Waals surface area (Å²) >= 11 is 0. The van der Waals surface area contributed by atoms with Gasteiger partial charge in [-0.3, -0.25) is 4.79 Å². The number of hydrogen-bond acceptors (Lipinski definition) is 3. The van der Waals surface area contributed by atoms with Crippen LogP contribution in [0.5, 0.6) is 0 Å². The van der Waals surface area contributed by atoms with Gasteiger partial charge in [-0.25, -0.2) is 4.79 Å². The van der Waals surface area contributed by atoms with Crippen LogP contribution >= 0.6 is 0 Å². The first-order valence-corrected chi connectivity index (χ1v) is 8.27. The summed E-state index contributed by atoms with van der Waals surface area (Å²) in [5.41, 5.74) is 3.83. The van der Waals surface area contributed by atoms with Gasteiger partial charge in [-0.05, 0) is 38.8 Å². The van der Waals surface area contributed by atoms with Gasteiger partial charge >= 0.3 is 5.97 Å². The molecule has 1 fully saturated rings. The van der Waals surface area contributed by atoms with Crippen LogP contribution in [0.15, 0.2) is 48.5 Å². The van der Waals surface area contributed by atoms with Gasteiger partial charge in [0, 0.05) is 11.5 Å². The van der Waals surface area contributed by atoms with E-state index in [0.717, 1.165) is 24.0 Å². The predicted molar refractivity (Wildman–Crippen MR) is 95.4 cm³/mol. The van der Waals surface area contributed by atoms with Gasteiger partial charge in [-0.1, -0.05) is 53.9 Å². The number of Topliss-reactive ketones (excluding diaryl/α,β-unsaturated/α-hetero) is 1. The fourth-order valence-corrected chi connectivity index (χ4v) is 2.43. The van der Waals surface area contributed by atoms with E-state index in [0.29, 0.717) is 17.3 Å². The quantitative estimate of drug-likeness (QED) is 0.604. The first-order valence-electron chi connectivity index (χ1n) is 8.27. The van der Waals surface area contributed by atoms with Gasteiger partial charge in [0.15, 0.2) is 5.78 Å². The first-order chi connectivity index (χ1) is 11.5. The second-order valence-electron chi connectivity index (χ2n) is 6.22. The van der Waals surface area contributed by atoms with Crippen LogP contribution in [-0.4, -0.2) is 18.9 Å². The standard InChI is InChI=1S/C12H14O.C9H10O2/c1-9-5-7-11(8-6-9)12(13)10-3-2-4-10;1-7-3-5-8(6-4-7)9(10)11-2/h5-8,10H,2-4H2,1H3;3-6H,1-2H3. The average Bonchev–Trinajstić information content (AvgIpc) is 2.54. The molecule has 0 spiro atoms. The molecule has 24 heavy (non-hydrogen) atoms. The number of hydrogen-bond donors (Lipinski definition) is 0. The summed E-state index contributed by atoms with van der Waals surface area (Å²) in [4.78, 5) is 22.6. The van der Waals surface area contributed by atoms with Crippen LogP contribution in [0.2, 0.25) is 0 Å². The van der Waals surface area contributed by atoms with Crippen LogP contribution in [0.25, 0.3) is 0 Å². The molecule has 1 aliphatic rings. The van der Waals surface area contributed by atoms with E-state index in [2.05, 4.69) is 4.74 Å². The molecule has 0 amide bonds. The van der Waals surface area contributed by atoms with Crippen molar-refractivity contribution in [3.63, 3.8) is 0 Å². The van der Waals surface area contributed by atoms with Crippen molar-refractivity contribution in [1.29, 1.82) is 0 Å². The van der Waals surface area contributed by atoms with Gasteiger partial charge < -0.3 is 4.74 Å². The van der Waals surface area contributed by atoms with Crippen molar-refractivity contribution >= 4 is 11.8 Å². The third kappa shape index (κ3) is 4.79. The average molecular weight is 324 g/mol. The number of methoxy groups -OCH3 is 1. The van der Waals surface area contributed by atoms with Gasteiger partial charge in [0.2, 0.25) is 0 Å². The highest BCUT2D eigenvalue weighted by atomic mass is 16.5. The Morgan fingerprint density at radius 2 is 1.29 bits per heavy atom. The Morgan fingerprint density at radius 3 is 1.67 bits per heavy atom. The Morgan fingerprint density at radius 1 is 0.833 bits per heavy atom. The van der Waals surface area contributed by atoms with Crippen molar-refractivity contribution in [2.75, 3.05) is 7.11 Å². The van der Waals surface area contributed by atoms with Crippen LogP contribution in [0.4, 0.5) is 0 Å². The van der Waals surface area contributed by atoms with E-state index in [4.69, 9.17) is 0 Å². The largest absolute Gasteiger partial charge is 0.465 e. The number of ketones is 1. The molecule has 0 atom stereocenters. The molecule has 0 radical (unpaired) electrons. The van der Waals surface area contributed by atoms with Gasteiger partial charge in [0.1, 0.15) is 0 Å². The summed E-state index contributed by atoms with van der Waals surface area (Å²) in [6.45, 7) is 4.01. The summed E-state index contributed by atoms with van der Waals surface area (Å²) < 4.78 is 4.54. The number of rotatable bonds is 3. The number of ether oxygens (including phenoxy) is 1. The molecule has 126 valence electrons. The van der Waals surface area contributed by atoms with Crippen molar-refractivity contribution in [3.05, 3.63) is 70.8 Å². The van der Waals surface area contributed by atoms with Crippen LogP contribution in [0.1, 0.15) is 51.1 Å². The predicted octanol–water partition coefficient (Wildman–Crippen LogP) is 4.76. The van der Waals surface area contributed by atoms with E-state index >= 15 is 0 Å². The van der Waals surface area contributed by atoms with Crippen molar-refractivity contribution in [2.45, 2.75) is 33.1 Å². The zero-order chi connectivity index (χ0) is 17.5. The monoisotopic (exact) mass is 324 g/mol. The van der Waals surface area contributed by atoms with Crippen LogP contribution in [-0.2, 0) is 4.74 Å². The van der Waals surface area contributed by atoms with Gasteiger partial charge in [-0.2, -0.15) is 0 Å². The third-order valence-electron chi connectivity index (χ3n) is 4.28. The lowest BCUT2D eigenvalue weighted by Crippen LogP contribution is -2.21. The Bertz CT molecular complexity index is 680. The molecule has 0 saturated heterocycles. The molecule has 3 rings (SSSR count). The van der Waals surface area contributed by atoms with E-state index in [-0.39, 0.29) is 5.97 Å². The number of aryl methyl sites for hydroxylation is 2. The maximum Gasteiger partial charge on any atom is 0.337 e. The lowest BCUT2D eigenvalue weighted by Gasteiger charge is -2.23. The third-order valence-corrected chi connectivity index (χ3v) is 4.28. The van der Waals surface area contributed by atoms with Crippen molar-refractivity contribution in [3.8, 4) is 0 Å². The molecule has 2 aromatic rings. The minimum absolute atomic E-state index is 0.287. The summed E-state index contributed by atoms with van der Waals surface area (Å²) in [6, 6.07) is 15.2. The highest BCUT2D eigenvalue weighted by Gasteiger charge is 2.25. The summed E-state index contributed by atoms with van der Waals surface area (Å²) in [6.07, 6.45) is 3.40. The molecule has 2 aromatic carbocycles. The van der Waals surface area contributed by atoms with E-state index in [1.54, 1.807) is 12.1 Å². The van der Waals surface area contributed by atoms with E-state index < -0.39 is 0 Å². The topological polar surface area (TPSA) is 43.4 Å². The second kappa shape index (κ2) is 8.44. The van der Waals surface area contributed by atoms with E-state index in [9.17, 15) is 9.59 Å². The Labute approximate surface area is 143 Å². The van der Waals surface area contributed by atoms with Crippen LogP contribution in [0.3, 0.4) is 0 Å². The van der Waals surface area contributed by atoms with Gasteiger partial charge in [-0.15, -0.1) is 0 Å². The minimum atomic E-state index is -0.287. The molecule has 0 aromatic heterocycles. The van der Waals surface area contributed by atoms with E-state index in [1.807, 2.05) is 50.2 Å². The lowest BCUT2D eigenvalue weighted by molar-refractivity contribution is 0.0600. The molecular formula is C21H24O3. The normalized spacial score (nSPS) is 13.3. The second-order valence-corrected chi connectivity index (χ2v) is 6.22. The van der Waals surface area contributed by atoms with Crippen molar-refractivity contribution in [1.82, 2.24) is 0 Å². The van der Waals surface area contributed by atoms with Gasteiger partial charge in [0.25, 0.3) is 0 Å². The molecule has 3 nitrogen and oxygen atoms in total. The maximum absolute atomic E-state index is 11.7. The SMILES string of the molecule is COC(=O)c1ccc(C)cc1.Cc1ccc(C(=O)C2CCC2)cc1. The number of carbonyl (C=O) groups excluding carboxylic acids is 2. The highest BCUT2D eigenvalue weighted by molar-refractivity contribution is 5.98. The van der Waals surface area contributed by atoms with Crippen molar-refractivity contribution in [2.24, 2.45) is 5.92 Å². The molecule has 0 N–H and O–H groups in total. The summed E-state index contributed by atoms with van der Waals surface area (Å²) in [5.74, 6) is 0.374. The first kappa shape index (κ1) is 17.9. The maximum atomic E-state index is 11.7. The minimum Gasteiger partial charge on any atom is -0.465 e. The van der Waals surface area contributed by atoms with Crippen LogP contribution < -0.4 is 0 Å². The van der Waals surface area contributed by atoms with Crippen molar-refractivity contribution < 1.29 is 14.3 Å². The lowest BCUT2D eigenvalue weighted by atomic mass is 9.80. The zero-order valence-electron chi connectivity index (χ0n) is 14.5. The number of esters is 1. The Kier molecular flexibility index (Phi) is 6.30. The Hall–Kier alpha value is -2.42. The molecular weight excluding hydrogens is 300 g/mol. The van der Waals surface area contributed by atoms with E-state index in [1.165, 1.54) is 19.1 Å². The van der Waals surface area contributed by atoms with Gasteiger partial charge in [0.05, 0.1) is 12.7 Å². The number of benzene rings is 2. The molecule has 0 unspecified atom stereocenters. The molecule has 1 aliphatic carbocycles. The summed E-state index contributed by atoms with van der Waals surface area (Å²) in [7, 11) is 1.38. The smallest absolute Gasteiger partial charge is 0.337 e. The Balaban J connectivity index is 0.000000177. The molecule has 3 heteroatoms. The molecule has 0 heterocycles. The highest BCUT2D eigenvalue weighted by Crippen LogP contribution is 2.29. The molecule has 1 saturated carbocycles. The molecule has 0 aliphatic heterocycles. The fraction of sp³-hybridized carbons (Fsp3) is 0.333. The van der Waals surface area contributed by atoms with Crippen LogP contribution in [0, 0.1) is 19.8 Å². The number of carbonyl (C=O) groups is 2. The molecule has 0 bridgehead atoms. The summed E-state index contributed by atoms with van der Waals surface area (Å²) in [5, 5.41) is 0. The fourth-order valence-electron chi connectivity index (χ4n) is 2.43.